The highest BCUT2D eigenvalue weighted by Crippen LogP contribution is 2.28. The fourth-order valence-electron chi connectivity index (χ4n) is 1.89. The van der Waals surface area contributed by atoms with Gasteiger partial charge in [-0.3, -0.25) is 4.79 Å². The average Bonchev–Trinajstić information content (AvgIpc) is 2.96. The Bertz CT molecular complexity index is 818. The Morgan fingerprint density at radius 1 is 1.09 bits per heavy atom. The van der Waals surface area contributed by atoms with Crippen molar-refractivity contribution in [2.45, 2.75) is 0 Å². The predicted octanol–water partition coefficient (Wildman–Crippen LogP) is 5.42. The zero-order valence-corrected chi connectivity index (χ0v) is 13.5. The van der Waals surface area contributed by atoms with Gasteiger partial charge in [-0.25, -0.2) is 4.98 Å². The van der Waals surface area contributed by atoms with E-state index in [0.717, 1.165) is 5.69 Å². The van der Waals surface area contributed by atoms with E-state index >= 15 is 0 Å². The van der Waals surface area contributed by atoms with Crippen molar-refractivity contribution in [3.8, 4) is 0 Å². The van der Waals surface area contributed by atoms with E-state index in [9.17, 15) is 4.79 Å². The van der Waals surface area contributed by atoms with Crippen LogP contribution in [-0.4, -0.2) is 10.8 Å². The largest absolute Gasteiger partial charge is 0.332 e. The van der Waals surface area contributed by atoms with Crippen LogP contribution in [0.15, 0.2) is 54.7 Å². The molecule has 0 aliphatic heterocycles. The lowest BCUT2D eigenvalue weighted by molar-refractivity contribution is 0.104. The highest BCUT2D eigenvalue weighted by Gasteiger charge is 2.16. The number of rotatable bonds is 4. The molecule has 0 aliphatic carbocycles. The molecule has 0 unspecified atom stereocenters. The maximum Gasteiger partial charge on any atom is 0.206 e. The van der Waals surface area contributed by atoms with Gasteiger partial charge in [-0.05, 0) is 30.3 Å². The topological polar surface area (TPSA) is 42.0 Å². The lowest BCUT2D eigenvalue weighted by atomic mass is 10.1. The standard InChI is InChI=1S/C16H10Cl2N2OS/c17-10-6-7-12(13(18)8-10)15(21)14-9-19-16(22-14)20-11-4-2-1-3-5-11/h1-9H,(H,19,20). The Kier molecular flexibility index (Phi) is 4.43. The molecule has 6 heteroatoms. The molecule has 0 atom stereocenters. The number of benzene rings is 2. The zero-order chi connectivity index (χ0) is 15.5. The summed E-state index contributed by atoms with van der Waals surface area (Å²) in [6, 6.07) is 14.5. The molecule has 22 heavy (non-hydrogen) atoms. The average molecular weight is 349 g/mol. The van der Waals surface area contributed by atoms with Gasteiger partial charge in [-0.1, -0.05) is 52.7 Å². The van der Waals surface area contributed by atoms with Crippen LogP contribution in [0.1, 0.15) is 15.2 Å². The minimum Gasteiger partial charge on any atom is -0.332 e. The van der Waals surface area contributed by atoms with E-state index in [1.807, 2.05) is 30.3 Å². The van der Waals surface area contributed by atoms with Crippen molar-refractivity contribution < 1.29 is 4.79 Å². The van der Waals surface area contributed by atoms with E-state index in [1.54, 1.807) is 24.4 Å². The lowest BCUT2D eigenvalue weighted by Gasteiger charge is -2.02. The minimum absolute atomic E-state index is 0.166. The molecule has 1 N–H and O–H groups in total. The molecule has 0 saturated heterocycles. The Morgan fingerprint density at radius 3 is 2.59 bits per heavy atom. The number of para-hydroxylation sites is 1. The molecule has 0 spiro atoms. The summed E-state index contributed by atoms with van der Waals surface area (Å²) in [6.45, 7) is 0. The monoisotopic (exact) mass is 348 g/mol. The van der Waals surface area contributed by atoms with Crippen LogP contribution in [0.4, 0.5) is 10.8 Å². The molecular formula is C16H10Cl2N2OS. The summed E-state index contributed by atoms with van der Waals surface area (Å²) in [6.07, 6.45) is 1.54. The number of nitrogens with one attached hydrogen (secondary N) is 1. The van der Waals surface area contributed by atoms with Crippen LogP contribution < -0.4 is 5.32 Å². The van der Waals surface area contributed by atoms with Crippen molar-refractivity contribution >= 4 is 51.1 Å². The SMILES string of the molecule is O=C(c1cnc(Nc2ccccc2)s1)c1ccc(Cl)cc1Cl. The van der Waals surface area contributed by atoms with Gasteiger partial charge in [0.25, 0.3) is 0 Å². The van der Waals surface area contributed by atoms with Crippen LogP contribution in [0.3, 0.4) is 0 Å². The number of thiazole rings is 1. The number of hydrogen-bond donors (Lipinski definition) is 1. The quantitative estimate of drug-likeness (QED) is 0.639. The lowest BCUT2D eigenvalue weighted by Crippen LogP contribution is -1.99. The predicted molar refractivity (Wildman–Crippen MR) is 91.7 cm³/mol. The second-order valence-corrected chi connectivity index (χ2v) is 6.35. The fraction of sp³-hybridized carbons (Fsp3) is 0. The van der Waals surface area contributed by atoms with Crippen molar-refractivity contribution in [1.29, 1.82) is 0 Å². The van der Waals surface area contributed by atoms with Crippen LogP contribution in [0.5, 0.6) is 0 Å². The van der Waals surface area contributed by atoms with E-state index in [0.29, 0.717) is 25.6 Å². The maximum absolute atomic E-state index is 12.5. The molecule has 3 aromatic rings. The Morgan fingerprint density at radius 2 is 1.86 bits per heavy atom. The van der Waals surface area contributed by atoms with Crippen molar-refractivity contribution in [3.63, 3.8) is 0 Å². The summed E-state index contributed by atoms with van der Waals surface area (Å²) in [7, 11) is 0. The summed E-state index contributed by atoms with van der Waals surface area (Å²) in [5.74, 6) is -0.166. The summed E-state index contributed by atoms with van der Waals surface area (Å²) in [5, 5.41) is 4.64. The summed E-state index contributed by atoms with van der Waals surface area (Å²) in [4.78, 5) is 17.2. The van der Waals surface area contributed by atoms with Crippen molar-refractivity contribution in [2.24, 2.45) is 0 Å². The molecule has 3 nitrogen and oxygen atoms in total. The number of anilines is 2. The van der Waals surface area contributed by atoms with Gasteiger partial charge in [-0.15, -0.1) is 0 Å². The van der Waals surface area contributed by atoms with E-state index < -0.39 is 0 Å². The van der Waals surface area contributed by atoms with Crippen LogP contribution in [0, 0.1) is 0 Å². The highest BCUT2D eigenvalue weighted by molar-refractivity contribution is 7.17. The molecule has 0 radical (unpaired) electrons. The Hall–Kier alpha value is -1.88. The molecule has 0 saturated carbocycles. The van der Waals surface area contributed by atoms with E-state index in [1.165, 1.54) is 11.3 Å². The van der Waals surface area contributed by atoms with Gasteiger partial charge in [0.05, 0.1) is 16.1 Å². The van der Waals surface area contributed by atoms with Gasteiger partial charge in [-0.2, -0.15) is 0 Å². The summed E-state index contributed by atoms with van der Waals surface area (Å²) in [5.41, 5.74) is 1.33. The van der Waals surface area contributed by atoms with Crippen LogP contribution in [0.25, 0.3) is 0 Å². The molecule has 2 aromatic carbocycles. The first-order valence-electron chi connectivity index (χ1n) is 6.41. The van der Waals surface area contributed by atoms with E-state index in [2.05, 4.69) is 10.3 Å². The maximum atomic E-state index is 12.5. The van der Waals surface area contributed by atoms with Crippen molar-refractivity contribution in [2.75, 3.05) is 5.32 Å². The van der Waals surface area contributed by atoms with Crippen LogP contribution >= 0.6 is 34.5 Å². The summed E-state index contributed by atoms with van der Waals surface area (Å²) >= 11 is 13.2. The van der Waals surface area contributed by atoms with Gasteiger partial charge in [0.1, 0.15) is 0 Å². The second kappa shape index (κ2) is 6.48. The fourth-order valence-corrected chi connectivity index (χ4v) is 3.17. The molecule has 0 bridgehead atoms. The number of carbonyl (C=O) groups excluding carboxylic acids is 1. The molecule has 0 fully saturated rings. The number of aromatic nitrogens is 1. The third-order valence-electron chi connectivity index (χ3n) is 2.93. The number of hydrogen-bond acceptors (Lipinski definition) is 4. The van der Waals surface area contributed by atoms with Crippen molar-refractivity contribution in [3.05, 3.63) is 75.2 Å². The molecule has 3 rings (SSSR count). The minimum atomic E-state index is -0.166. The van der Waals surface area contributed by atoms with Gasteiger partial charge in [0.15, 0.2) is 5.13 Å². The van der Waals surface area contributed by atoms with Gasteiger partial charge < -0.3 is 5.32 Å². The normalized spacial score (nSPS) is 10.5. The first-order chi connectivity index (χ1) is 10.6. The summed E-state index contributed by atoms with van der Waals surface area (Å²) < 4.78 is 0. The third kappa shape index (κ3) is 3.30. The van der Waals surface area contributed by atoms with Crippen LogP contribution in [0.2, 0.25) is 10.0 Å². The molecule has 1 heterocycles. The van der Waals surface area contributed by atoms with E-state index in [-0.39, 0.29) is 5.78 Å². The molecule has 110 valence electrons. The van der Waals surface area contributed by atoms with E-state index in [4.69, 9.17) is 23.2 Å². The van der Waals surface area contributed by atoms with Crippen molar-refractivity contribution in [1.82, 2.24) is 4.98 Å². The van der Waals surface area contributed by atoms with Gasteiger partial charge >= 0.3 is 0 Å². The Labute approximate surface area is 141 Å². The molecule has 1 aromatic heterocycles. The van der Waals surface area contributed by atoms with Gasteiger partial charge in [0.2, 0.25) is 5.78 Å². The van der Waals surface area contributed by atoms with Gasteiger partial charge in [0, 0.05) is 16.3 Å². The number of nitrogens with zero attached hydrogens (tertiary/aromatic N) is 1. The number of halogens is 2. The van der Waals surface area contributed by atoms with Crippen LogP contribution in [-0.2, 0) is 0 Å². The zero-order valence-electron chi connectivity index (χ0n) is 11.2. The number of ketones is 1. The molecular weight excluding hydrogens is 339 g/mol. The first-order valence-corrected chi connectivity index (χ1v) is 7.98. The molecule has 0 aliphatic rings. The second-order valence-electron chi connectivity index (χ2n) is 4.47. The smallest absolute Gasteiger partial charge is 0.206 e. The third-order valence-corrected chi connectivity index (χ3v) is 4.39. The highest BCUT2D eigenvalue weighted by atomic mass is 35.5. The molecule has 0 amide bonds. The Balaban J connectivity index is 1.82. The first kappa shape index (κ1) is 15.0. The number of carbonyl (C=O) groups is 1.